The van der Waals surface area contributed by atoms with Gasteiger partial charge in [0.05, 0.1) is 25.4 Å². The van der Waals surface area contributed by atoms with Gasteiger partial charge in [0.1, 0.15) is 0 Å². The van der Waals surface area contributed by atoms with Crippen molar-refractivity contribution in [2.45, 2.75) is 450 Å². The Balaban J connectivity index is 3.37. The molecule has 0 bridgehead atoms. The number of aliphatic hydroxyl groups excluding tert-OH is 2. The molecule has 498 valence electrons. The van der Waals surface area contributed by atoms with Crippen molar-refractivity contribution in [2.24, 2.45) is 0 Å². The fourth-order valence-corrected chi connectivity index (χ4v) is 12.3. The number of carbonyl (C=O) groups excluding carboxylic acids is 2. The van der Waals surface area contributed by atoms with E-state index in [1.165, 1.54) is 366 Å². The SMILES string of the molecule is CCCCCCCC/C=C\CCCCCCCCCCCC(=O)OCCCCCCCCCCCCCC/C=C\CCCCCCCCCCCCCC(=O)NC(CO)C(O)CCCCCCCCCCCCCCCCCCCCCCC. The molecule has 0 rings (SSSR count). The van der Waals surface area contributed by atoms with Gasteiger partial charge in [-0.15, -0.1) is 0 Å². The molecule has 0 aromatic carbocycles. The molecular weight excluding hydrogens is 1030 g/mol. The van der Waals surface area contributed by atoms with E-state index in [4.69, 9.17) is 4.74 Å². The highest BCUT2D eigenvalue weighted by Gasteiger charge is 2.20. The molecule has 0 saturated carbocycles. The monoisotopic (exact) mass is 1180 g/mol. The summed E-state index contributed by atoms with van der Waals surface area (Å²) in [6.45, 7) is 5.00. The summed E-state index contributed by atoms with van der Waals surface area (Å²) in [5, 5.41) is 23.4. The van der Waals surface area contributed by atoms with Crippen molar-refractivity contribution in [3.8, 4) is 0 Å². The van der Waals surface area contributed by atoms with Crippen LogP contribution in [0.1, 0.15) is 438 Å². The summed E-state index contributed by atoms with van der Waals surface area (Å²) >= 11 is 0. The molecule has 1 amide bonds. The summed E-state index contributed by atoms with van der Waals surface area (Å²) in [5.74, 6) is -0.0150. The van der Waals surface area contributed by atoms with Crippen LogP contribution in [-0.4, -0.2) is 47.4 Å². The number of aliphatic hydroxyl groups is 2. The first-order valence-electron chi connectivity index (χ1n) is 38.6. The van der Waals surface area contributed by atoms with Crippen molar-refractivity contribution in [1.82, 2.24) is 5.32 Å². The van der Waals surface area contributed by atoms with Crippen LogP contribution in [0, 0.1) is 0 Å². The number of unbranched alkanes of at least 4 members (excludes halogenated alkanes) is 58. The third kappa shape index (κ3) is 69.4. The van der Waals surface area contributed by atoms with E-state index in [1.807, 2.05) is 0 Å². The lowest BCUT2D eigenvalue weighted by Crippen LogP contribution is -2.45. The molecule has 84 heavy (non-hydrogen) atoms. The zero-order chi connectivity index (χ0) is 60.6. The van der Waals surface area contributed by atoms with E-state index in [-0.39, 0.29) is 18.5 Å². The normalized spacial score (nSPS) is 12.6. The summed E-state index contributed by atoms with van der Waals surface area (Å²) in [4.78, 5) is 24.7. The van der Waals surface area contributed by atoms with Gasteiger partial charge in [0.15, 0.2) is 0 Å². The van der Waals surface area contributed by atoms with Crippen LogP contribution in [0.4, 0.5) is 0 Å². The molecular formula is C78H151NO5. The van der Waals surface area contributed by atoms with Crippen LogP contribution in [0.15, 0.2) is 24.3 Å². The molecule has 6 nitrogen and oxygen atoms in total. The molecule has 0 spiro atoms. The number of nitrogens with one attached hydrogen (secondary N) is 1. The van der Waals surface area contributed by atoms with Gasteiger partial charge in [0.2, 0.25) is 5.91 Å². The Morgan fingerprint density at radius 3 is 0.845 bits per heavy atom. The number of hydrogen-bond acceptors (Lipinski definition) is 5. The van der Waals surface area contributed by atoms with E-state index in [9.17, 15) is 19.8 Å². The third-order valence-electron chi connectivity index (χ3n) is 18.2. The molecule has 2 atom stereocenters. The van der Waals surface area contributed by atoms with Crippen LogP contribution in [0.3, 0.4) is 0 Å². The minimum absolute atomic E-state index is 0.0158. The molecule has 0 saturated heterocycles. The van der Waals surface area contributed by atoms with Gasteiger partial charge in [-0.2, -0.15) is 0 Å². The summed E-state index contributed by atoms with van der Waals surface area (Å²) in [5.41, 5.74) is 0. The van der Waals surface area contributed by atoms with E-state index in [2.05, 4.69) is 43.5 Å². The van der Waals surface area contributed by atoms with Gasteiger partial charge in [0, 0.05) is 12.8 Å². The minimum Gasteiger partial charge on any atom is -0.466 e. The van der Waals surface area contributed by atoms with E-state index in [0.717, 1.165) is 38.5 Å². The van der Waals surface area contributed by atoms with Crippen LogP contribution in [0.25, 0.3) is 0 Å². The third-order valence-corrected chi connectivity index (χ3v) is 18.2. The van der Waals surface area contributed by atoms with E-state index >= 15 is 0 Å². The summed E-state index contributed by atoms with van der Waals surface area (Å²) in [6, 6.07) is -0.543. The summed E-state index contributed by atoms with van der Waals surface area (Å²) in [6.07, 6.45) is 93.9. The van der Waals surface area contributed by atoms with Gasteiger partial charge < -0.3 is 20.3 Å². The highest BCUT2D eigenvalue weighted by Crippen LogP contribution is 2.20. The van der Waals surface area contributed by atoms with Crippen molar-refractivity contribution in [3.05, 3.63) is 24.3 Å². The van der Waals surface area contributed by atoms with Crippen molar-refractivity contribution < 1.29 is 24.5 Å². The topological polar surface area (TPSA) is 95.9 Å². The quantitative estimate of drug-likeness (QED) is 0.0320. The first-order chi connectivity index (χ1) is 41.5. The average molecular weight is 1180 g/mol. The maximum atomic E-state index is 12.6. The van der Waals surface area contributed by atoms with E-state index in [1.54, 1.807) is 0 Å². The van der Waals surface area contributed by atoms with Crippen molar-refractivity contribution >= 4 is 11.9 Å². The minimum atomic E-state index is -0.666. The zero-order valence-corrected chi connectivity index (χ0v) is 57.2. The first-order valence-corrected chi connectivity index (χ1v) is 38.6. The fourth-order valence-electron chi connectivity index (χ4n) is 12.3. The van der Waals surface area contributed by atoms with Crippen LogP contribution in [-0.2, 0) is 14.3 Å². The number of esters is 1. The van der Waals surface area contributed by atoms with Crippen LogP contribution in [0.2, 0.25) is 0 Å². The Labute approximate surface area is 526 Å². The van der Waals surface area contributed by atoms with Gasteiger partial charge in [0.25, 0.3) is 0 Å². The van der Waals surface area contributed by atoms with Gasteiger partial charge in [-0.1, -0.05) is 372 Å². The van der Waals surface area contributed by atoms with Crippen LogP contribution < -0.4 is 5.32 Å². The Morgan fingerprint density at radius 1 is 0.321 bits per heavy atom. The highest BCUT2D eigenvalue weighted by atomic mass is 16.5. The maximum Gasteiger partial charge on any atom is 0.305 e. The Bertz CT molecular complexity index is 1320. The number of carbonyl (C=O) groups is 2. The summed E-state index contributed by atoms with van der Waals surface area (Å²) < 4.78 is 5.51. The number of rotatable bonds is 73. The van der Waals surface area contributed by atoms with Gasteiger partial charge in [-0.05, 0) is 77.0 Å². The van der Waals surface area contributed by atoms with Crippen molar-refractivity contribution in [1.29, 1.82) is 0 Å². The van der Waals surface area contributed by atoms with Crippen LogP contribution >= 0.6 is 0 Å². The average Bonchev–Trinajstić information content (AvgIpc) is 3.51. The number of amides is 1. The maximum absolute atomic E-state index is 12.6. The van der Waals surface area contributed by atoms with Gasteiger partial charge in [-0.25, -0.2) is 0 Å². The van der Waals surface area contributed by atoms with Crippen molar-refractivity contribution in [3.63, 3.8) is 0 Å². The number of ether oxygens (including phenoxy) is 1. The van der Waals surface area contributed by atoms with Gasteiger partial charge in [-0.3, -0.25) is 9.59 Å². The number of allylic oxidation sites excluding steroid dienone is 4. The summed E-state index contributed by atoms with van der Waals surface area (Å²) in [7, 11) is 0. The second-order valence-corrected chi connectivity index (χ2v) is 26.7. The fraction of sp³-hybridized carbons (Fsp3) is 0.923. The molecule has 0 aromatic heterocycles. The molecule has 2 unspecified atom stereocenters. The van der Waals surface area contributed by atoms with Crippen LogP contribution in [0.5, 0.6) is 0 Å². The standard InChI is InChI=1S/C78H151NO5/c1-3-5-7-9-11-13-15-17-19-21-23-31-35-38-42-46-50-54-58-62-66-70-76(81)75(74-80)79-77(82)71-67-63-59-55-51-47-43-39-36-32-29-27-25-24-26-28-30-33-37-41-45-49-53-57-61-65-69-73-84-78(83)72-68-64-60-56-52-48-44-40-34-22-20-18-16-14-12-10-8-6-4-2/h18,20,24-25,75-76,80-81H,3-17,19,21-23,26-74H2,1-2H3,(H,79,82)/b20-18-,25-24-. The molecule has 0 fully saturated rings. The molecule has 0 aliphatic carbocycles. The first kappa shape index (κ1) is 82.3. The highest BCUT2D eigenvalue weighted by molar-refractivity contribution is 5.76. The molecule has 0 aromatic rings. The molecule has 0 aliphatic heterocycles. The van der Waals surface area contributed by atoms with E-state index in [0.29, 0.717) is 25.9 Å². The lowest BCUT2D eigenvalue weighted by Gasteiger charge is -2.22. The predicted molar refractivity (Wildman–Crippen MR) is 370 cm³/mol. The molecule has 0 heterocycles. The molecule has 3 N–H and O–H groups in total. The lowest BCUT2D eigenvalue weighted by atomic mass is 10.0. The Morgan fingerprint density at radius 2 is 0.560 bits per heavy atom. The lowest BCUT2D eigenvalue weighted by molar-refractivity contribution is -0.143. The predicted octanol–water partition coefficient (Wildman–Crippen LogP) is 25.3. The van der Waals surface area contributed by atoms with E-state index < -0.39 is 12.1 Å². The van der Waals surface area contributed by atoms with Crippen molar-refractivity contribution in [2.75, 3.05) is 13.2 Å². The number of hydrogen-bond donors (Lipinski definition) is 3. The molecule has 6 heteroatoms. The Hall–Kier alpha value is -1.66. The van der Waals surface area contributed by atoms with Gasteiger partial charge >= 0.3 is 5.97 Å². The Kier molecular flexibility index (Phi) is 72.3. The largest absolute Gasteiger partial charge is 0.466 e. The molecule has 0 aliphatic rings. The smallest absolute Gasteiger partial charge is 0.305 e. The second-order valence-electron chi connectivity index (χ2n) is 26.7. The molecule has 0 radical (unpaired) electrons. The second kappa shape index (κ2) is 73.8. The zero-order valence-electron chi connectivity index (χ0n) is 57.2.